The molecule has 8 nitrogen and oxygen atoms in total. The number of carbonyl (C=O) groups is 1. The van der Waals surface area contributed by atoms with Crippen LogP contribution in [0.1, 0.15) is 12.5 Å². The number of carbonyl (C=O) groups excluding carboxylic acids is 1. The third kappa shape index (κ3) is 3.98. The first kappa shape index (κ1) is 17.6. The van der Waals surface area contributed by atoms with E-state index in [-0.39, 0.29) is 12.4 Å². The predicted molar refractivity (Wildman–Crippen MR) is 76.3 cm³/mol. The van der Waals surface area contributed by atoms with E-state index in [1.54, 1.807) is 24.3 Å². The zero-order valence-electron chi connectivity index (χ0n) is 12.5. The van der Waals surface area contributed by atoms with Gasteiger partial charge in [0.25, 0.3) is 0 Å². The van der Waals surface area contributed by atoms with E-state index in [4.69, 9.17) is 14.2 Å². The number of aliphatic hydroxyl groups is 4. The van der Waals surface area contributed by atoms with E-state index in [0.29, 0.717) is 5.56 Å². The second-order valence-electron chi connectivity index (χ2n) is 5.16. The molecule has 0 aromatic heterocycles. The molecular weight excluding hydrogens is 308 g/mol. The maximum absolute atomic E-state index is 11.1. The van der Waals surface area contributed by atoms with Crippen molar-refractivity contribution < 1.29 is 39.4 Å². The molecule has 4 N–H and O–H groups in total. The minimum absolute atomic E-state index is 0.272. The smallest absolute Gasteiger partial charge is 0.303 e. The number of esters is 1. The lowest BCUT2D eigenvalue weighted by Crippen LogP contribution is -2.61. The summed E-state index contributed by atoms with van der Waals surface area (Å²) in [4.78, 5) is 11.1. The molecule has 1 aromatic carbocycles. The number of para-hydroxylation sites is 1. The number of benzene rings is 1. The van der Waals surface area contributed by atoms with E-state index < -0.39 is 43.3 Å². The Morgan fingerprint density at radius 1 is 1.22 bits per heavy atom. The zero-order valence-corrected chi connectivity index (χ0v) is 12.5. The minimum atomic E-state index is -1.47. The van der Waals surface area contributed by atoms with Gasteiger partial charge in [-0.2, -0.15) is 0 Å². The Hall–Kier alpha value is -1.71. The molecule has 1 fully saturated rings. The molecule has 1 aliphatic rings. The van der Waals surface area contributed by atoms with Crippen molar-refractivity contribution in [2.75, 3.05) is 6.61 Å². The summed E-state index contributed by atoms with van der Waals surface area (Å²) in [5.74, 6) is -0.421. The lowest BCUT2D eigenvalue weighted by atomic mass is 9.99. The Morgan fingerprint density at radius 2 is 1.91 bits per heavy atom. The number of hydrogen-bond donors (Lipinski definition) is 4. The molecule has 5 atom stereocenters. The average molecular weight is 328 g/mol. The van der Waals surface area contributed by atoms with Gasteiger partial charge in [0.2, 0.25) is 6.29 Å². The molecule has 0 amide bonds. The molecule has 8 heteroatoms. The quantitative estimate of drug-likeness (QED) is 0.503. The third-order valence-electron chi connectivity index (χ3n) is 3.51. The highest BCUT2D eigenvalue weighted by atomic mass is 16.7. The Morgan fingerprint density at radius 3 is 2.52 bits per heavy atom. The Labute approximate surface area is 132 Å². The first-order valence-corrected chi connectivity index (χ1v) is 7.13. The summed E-state index contributed by atoms with van der Waals surface area (Å²) in [6.07, 6.45) is -6.54. The van der Waals surface area contributed by atoms with Crippen LogP contribution in [-0.2, 0) is 20.9 Å². The van der Waals surface area contributed by atoms with Crippen LogP contribution < -0.4 is 4.74 Å². The van der Waals surface area contributed by atoms with Gasteiger partial charge in [0.1, 0.15) is 18.0 Å². The second kappa shape index (κ2) is 7.71. The molecule has 0 radical (unpaired) electrons. The fraction of sp³-hybridized carbons (Fsp3) is 0.533. The van der Waals surface area contributed by atoms with Gasteiger partial charge >= 0.3 is 5.97 Å². The van der Waals surface area contributed by atoms with Crippen LogP contribution in [0.15, 0.2) is 24.3 Å². The van der Waals surface area contributed by atoms with Crippen molar-refractivity contribution in [2.24, 2.45) is 0 Å². The zero-order chi connectivity index (χ0) is 17.0. The monoisotopic (exact) mass is 328 g/mol. The second-order valence-corrected chi connectivity index (χ2v) is 5.16. The van der Waals surface area contributed by atoms with Gasteiger partial charge in [-0.1, -0.05) is 18.2 Å². The van der Waals surface area contributed by atoms with E-state index in [9.17, 15) is 25.2 Å². The van der Waals surface area contributed by atoms with E-state index in [1.807, 2.05) is 0 Å². The molecule has 23 heavy (non-hydrogen) atoms. The molecule has 0 spiro atoms. The van der Waals surface area contributed by atoms with Gasteiger partial charge in [-0.3, -0.25) is 4.79 Å². The van der Waals surface area contributed by atoms with Gasteiger partial charge in [-0.25, -0.2) is 0 Å². The van der Waals surface area contributed by atoms with Crippen molar-refractivity contribution in [1.29, 1.82) is 0 Å². The standard InChI is InChI=1S/C15H20O8/c1-8(18)21-14-12(19)11(7-17)23-15(13(14)20)22-10-5-3-2-4-9(10)6-16/h2-5,11-17,19-20H,6-7H2,1H3/t11-,12-,13-,14+,15-/m1/s1. The predicted octanol–water partition coefficient (Wildman–Crippen LogP) is -1.07. The largest absolute Gasteiger partial charge is 0.462 e. The van der Waals surface area contributed by atoms with Crippen LogP contribution in [0.25, 0.3) is 0 Å². The molecule has 128 valence electrons. The molecule has 1 aliphatic heterocycles. The topological polar surface area (TPSA) is 126 Å². The highest BCUT2D eigenvalue weighted by molar-refractivity contribution is 5.66. The minimum Gasteiger partial charge on any atom is -0.462 e. The summed E-state index contributed by atoms with van der Waals surface area (Å²) < 4.78 is 15.8. The van der Waals surface area contributed by atoms with Crippen LogP contribution in [0.2, 0.25) is 0 Å². The van der Waals surface area contributed by atoms with Crippen LogP contribution in [-0.4, -0.2) is 63.7 Å². The number of aliphatic hydroxyl groups excluding tert-OH is 4. The number of rotatable bonds is 5. The van der Waals surface area contributed by atoms with Crippen molar-refractivity contribution in [3.63, 3.8) is 0 Å². The van der Waals surface area contributed by atoms with Crippen molar-refractivity contribution in [1.82, 2.24) is 0 Å². The van der Waals surface area contributed by atoms with Gasteiger partial charge in [0.05, 0.1) is 13.2 Å². The van der Waals surface area contributed by atoms with Crippen molar-refractivity contribution in [3.8, 4) is 5.75 Å². The van der Waals surface area contributed by atoms with Crippen LogP contribution in [0, 0.1) is 0 Å². The van der Waals surface area contributed by atoms with Gasteiger partial charge in [0.15, 0.2) is 12.2 Å². The molecule has 0 unspecified atom stereocenters. The molecule has 1 saturated heterocycles. The summed E-state index contributed by atoms with van der Waals surface area (Å²) in [5.41, 5.74) is 0.471. The van der Waals surface area contributed by atoms with Crippen molar-refractivity contribution >= 4 is 5.97 Å². The molecule has 0 saturated carbocycles. The van der Waals surface area contributed by atoms with Crippen LogP contribution >= 0.6 is 0 Å². The van der Waals surface area contributed by atoms with E-state index in [0.717, 1.165) is 6.92 Å². The summed E-state index contributed by atoms with van der Waals surface area (Å²) in [7, 11) is 0. The lowest BCUT2D eigenvalue weighted by molar-refractivity contribution is -0.281. The Balaban J connectivity index is 2.21. The number of hydrogen-bond acceptors (Lipinski definition) is 8. The molecular formula is C15H20O8. The first-order chi connectivity index (χ1) is 11.0. The first-order valence-electron chi connectivity index (χ1n) is 7.13. The lowest BCUT2D eigenvalue weighted by Gasteiger charge is -2.41. The fourth-order valence-corrected chi connectivity index (χ4v) is 2.36. The molecule has 2 rings (SSSR count). The van der Waals surface area contributed by atoms with Crippen LogP contribution in [0.5, 0.6) is 5.75 Å². The van der Waals surface area contributed by atoms with Crippen molar-refractivity contribution in [3.05, 3.63) is 29.8 Å². The number of ether oxygens (including phenoxy) is 3. The SMILES string of the molecule is CC(=O)O[C@@H]1[C@@H](O)[C@H](Oc2ccccc2CO)O[C@H](CO)[C@H]1O. The maximum Gasteiger partial charge on any atom is 0.303 e. The van der Waals surface area contributed by atoms with Gasteiger partial charge in [0, 0.05) is 12.5 Å². The molecule has 1 aromatic rings. The van der Waals surface area contributed by atoms with Crippen LogP contribution in [0.4, 0.5) is 0 Å². The molecule has 0 bridgehead atoms. The Bertz CT molecular complexity index is 534. The van der Waals surface area contributed by atoms with E-state index >= 15 is 0 Å². The van der Waals surface area contributed by atoms with Crippen molar-refractivity contribution in [2.45, 2.75) is 44.2 Å². The normalized spacial score (nSPS) is 30.7. The molecule has 1 heterocycles. The summed E-state index contributed by atoms with van der Waals surface area (Å²) >= 11 is 0. The fourth-order valence-electron chi connectivity index (χ4n) is 2.36. The van der Waals surface area contributed by atoms with Gasteiger partial charge in [-0.15, -0.1) is 0 Å². The highest BCUT2D eigenvalue weighted by Gasteiger charge is 2.47. The molecule has 0 aliphatic carbocycles. The summed E-state index contributed by atoms with van der Waals surface area (Å²) in [6, 6.07) is 6.58. The van der Waals surface area contributed by atoms with Crippen LogP contribution in [0.3, 0.4) is 0 Å². The maximum atomic E-state index is 11.1. The van der Waals surface area contributed by atoms with E-state index in [1.165, 1.54) is 0 Å². The van der Waals surface area contributed by atoms with E-state index in [2.05, 4.69) is 0 Å². The van der Waals surface area contributed by atoms with Gasteiger partial charge < -0.3 is 34.6 Å². The summed E-state index contributed by atoms with van der Waals surface area (Å²) in [5, 5.41) is 38.8. The Kier molecular flexibility index (Phi) is 5.91. The van der Waals surface area contributed by atoms with Gasteiger partial charge in [-0.05, 0) is 6.07 Å². The third-order valence-corrected chi connectivity index (χ3v) is 3.51. The summed E-state index contributed by atoms with van der Waals surface area (Å²) in [6.45, 7) is 0.311. The highest BCUT2D eigenvalue weighted by Crippen LogP contribution is 2.28. The average Bonchev–Trinajstić information content (AvgIpc) is 2.54.